The minimum absolute atomic E-state index is 0.0232. The van der Waals surface area contributed by atoms with Crippen molar-refractivity contribution in [3.05, 3.63) is 34.6 Å². The van der Waals surface area contributed by atoms with E-state index < -0.39 is 9.84 Å². The largest absolute Gasteiger partial charge is 0.342 e. The van der Waals surface area contributed by atoms with Gasteiger partial charge in [0.25, 0.3) is 0 Å². The molecule has 0 atom stereocenters. The predicted octanol–water partition coefficient (Wildman–Crippen LogP) is 2.39. The topological polar surface area (TPSA) is 67.3 Å². The lowest BCUT2D eigenvalue weighted by Gasteiger charge is -2.18. The summed E-state index contributed by atoms with van der Waals surface area (Å²) in [5.74, 6) is -0.0170. The zero-order valence-electron chi connectivity index (χ0n) is 12.7. The van der Waals surface area contributed by atoms with Gasteiger partial charge in [0.15, 0.2) is 9.84 Å². The first kappa shape index (κ1) is 17.0. The summed E-state index contributed by atoms with van der Waals surface area (Å²) in [7, 11) is -3.45. The fourth-order valence-electron chi connectivity index (χ4n) is 2.39. The van der Waals surface area contributed by atoms with Gasteiger partial charge in [0, 0.05) is 26.2 Å². The number of rotatable bonds is 3. The van der Waals surface area contributed by atoms with Gasteiger partial charge in [0.1, 0.15) is 5.15 Å². The fraction of sp³-hybridized carbons (Fsp3) is 0.467. The Bertz CT molecular complexity index is 713. The molecule has 0 spiro atoms. The molecule has 0 radical (unpaired) electrons. The van der Waals surface area contributed by atoms with Crippen LogP contribution in [0.3, 0.4) is 0 Å². The summed E-state index contributed by atoms with van der Waals surface area (Å²) in [6.07, 6.45) is 4.49. The molecule has 0 aliphatic carbocycles. The highest BCUT2D eigenvalue weighted by molar-refractivity contribution is 7.91. The number of hydrogen-bond acceptors (Lipinski definition) is 4. The van der Waals surface area contributed by atoms with Crippen LogP contribution in [0.2, 0.25) is 5.15 Å². The van der Waals surface area contributed by atoms with Crippen LogP contribution in [0.4, 0.5) is 0 Å². The van der Waals surface area contributed by atoms with Crippen molar-refractivity contribution in [2.75, 3.05) is 18.8 Å². The van der Waals surface area contributed by atoms with E-state index in [1.165, 1.54) is 13.1 Å². The highest BCUT2D eigenvalue weighted by atomic mass is 35.5. The molecular weight excluding hydrogens is 324 g/mol. The van der Waals surface area contributed by atoms with Crippen molar-refractivity contribution in [1.82, 2.24) is 9.88 Å². The van der Waals surface area contributed by atoms with Crippen molar-refractivity contribution in [2.24, 2.45) is 0 Å². The smallest absolute Gasteiger partial charge is 0.219 e. The number of aryl methyl sites for hydroxylation is 1. The molecule has 1 aromatic rings. The second-order valence-corrected chi connectivity index (χ2v) is 7.79. The van der Waals surface area contributed by atoms with Gasteiger partial charge in [-0.25, -0.2) is 13.4 Å². The van der Waals surface area contributed by atoms with Gasteiger partial charge in [-0.15, -0.1) is 0 Å². The number of amides is 1. The zero-order valence-corrected chi connectivity index (χ0v) is 14.2. The summed E-state index contributed by atoms with van der Waals surface area (Å²) in [6, 6.07) is 1.55. The van der Waals surface area contributed by atoms with Gasteiger partial charge in [0.2, 0.25) is 5.91 Å². The van der Waals surface area contributed by atoms with Crippen molar-refractivity contribution in [1.29, 1.82) is 0 Å². The van der Waals surface area contributed by atoms with Gasteiger partial charge < -0.3 is 4.90 Å². The minimum atomic E-state index is -3.45. The Morgan fingerprint density at radius 3 is 2.77 bits per heavy atom. The van der Waals surface area contributed by atoms with E-state index in [-0.39, 0.29) is 16.6 Å². The molecule has 1 amide bonds. The van der Waals surface area contributed by atoms with Crippen LogP contribution in [-0.2, 0) is 14.6 Å². The molecule has 0 saturated carbocycles. The molecule has 7 heteroatoms. The van der Waals surface area contributed by atoms with E-state index in [1.807, 2.05) is 6.08 Å². The number of aromatic nitrogens is 1. The molecular formula is C15H19ClN2O3S. The van der Waals surface area contributed by atoms with Crippen LogP contribution in [0.5, 0.6) is 0 Å². The number of carbonyl (C=O) groups is 1. The summed E-state index contributed by atoms with van der Waals surface area (Å²) < 4.78 is 25.0. The third kappa shape index (κ3) is 4.08. The molecule has 0 N–H and O–H groups in total. The number of nitrogens with zero attached hydrogens (tertiary/aromatic N) is 2. The van der Waals surface area contributed by atoms with Crippen molar-refractivity contribution in [2.45, 2.75) is 31.6 Å². The van der Waals surface area contributed by atoms with Gasteiger partial charge in [-0.05, 0) is 31.4 Å². The number of sulfone groups is 1. The minimum Gasteiger partial charge on any atom is -0.342 e. The SMILES string of the molecule is CC(=O)N1CCC=C(CS(=O)(=O)c2cnc(Cl)c(C)c2)CC1. The van der Waals surface area contributed by atoms with Crippen molar-refractivity contribution < 1.29 is 13.2 Å². The number of pyridine rings is 1. The molecule has 1 aromatic heterocycles. The van der Waals surface area contributed by atoms with E-state index in [9.17, 15) is 13.2 Å². The van der Waals surface area contributed by atoms with Gasteiger partial charge in [-0.3, -0.25) is 4.79 Å². The van der Waals surface area contributed by atoms with E-state index >= 15 is 0 Å². The quantitative estimate of drug-likeness (QED) is 0.625. The zero-order chi connectivity index (χ0) is 16.3. The molecule has 1 aliphatic rings. The molecule has 2 rings (SSSR count). The van der Waals surface area contributed by atoms with Crippen LogP contribution in [0.15, 0.2) is 28.8 Å². The lowest BCUT2D eigenvalue weighted by Crippen LogP contribution is -2.29. The van der Waals surface area contributed by atoms with E-state index in [0.29, 0.717) is 36.6 Å². The summed E-state index contributed by atoms with van der Waals surface area (Å²) in [4.78, 5) is 17.2. The average molecular weight is 343 g/mol. The maximum atomic E-state index is 12.5. The summed E-state index contributed by atoms with van der Waals surface area (Å²) in [5.41, 5.74) is 1.48. The van der Waals surface area contributed by atoms with E-state index in [4.69, 9.17) is 11.6 Å². The van der Waals surface area contributed by atoms with Gasteiger partial charge >= 0.3 is 0 Å². The van der Waals surface area contributed by atoms with E-state index in [0.717, 1.165) is 5.57 Å². The normalized spacial score (nSPS) is 16.1. The highest BCUT2D eigenvalue weighted by Gasteiger charge is 2.20. The average Bonchev–Trinajstić information content (AvgIpc) is 2.67. The van der Waals surface area contributed by atoms with Gasteiger partial charge in [-0.1, -0.05) is 23.3 Å². The van der Waals surface area contributed by atoms with Crippen molar-refractivity contribution >= 4 is 27.3 Å². The van der Waals surface area contributed by atoms with Gasteiger partial charge in [-0.2, -0.15) is 0 Å². The lowest BCUT2D eigenvalue weighted by atomic mass is 10.2. The molecule has 0 unspecified atom stereocenters. The third-order valence-corrected chi connectivity index (χ3v) is 5.79. The monoisotopic (exact) mass is 342 g/mol. The predicted molar refractivity (Wildman–Crippen MR) is 85.6 cm³/mol. The third-order valence-electron chi connectivity index (χ3n) is 3.70. The summed E-state index contributed by atoms with van der Waals surface area (Å²) in [5, 5.41) is 0.310. The molecule has 120 valence electrons. The molecule has 1 aliphatic heterocycles. The van der Waals surface area contributed by atoms with Crippen LogP contribution in [-0.4, -0.2) is 43.1 Å². The first-order valence-corrected chi connectivity index (χ1v) is 9.11. The summed E-state index contributed by atoms with van der Waals surface area (Å²) in [6.45, 7) is 4.46. The maximum absolute atomic E-state index is 12.5. The molecule has 22 heavy (non-hydrogen) atoms. The molecule has 2 heterocycles. The molecule has 0 aromatic carbocycles. The Morgan fingerprint density at radius 1 is 1.41 bits per heavy atom. The van der Waals surface area contributed by atoms with Crippen molar-refractivity contribution in [3.63, 3.8) is 0 Å². The Kier molecular flexibility index (Phi) is 5.24. The Balaban J connectivity index is 2.13. The molecule has 0 fully saturated rings. The Hall–Kier alpha value is -1.40. The van der Waals surface area contributed by atoms with Crippen LogP contribution < -0.4 is 0 Å². The number of carbonyl (C=O) groups excluding carboxylic acids is 1. The van der Waals surface area contributed by atoms with Crippen LogP contribution in [0, 0.1) is 6.92 Å². The van der Waals surface area contributed by atoms with E-state index in [1.54, 1.807) is 17.9 Å². The lowest BCUT2D eigenvalue weighted by molar-refractivity contribution is -0.128. The molecule has 0 bridgehead atoms. The standard InChI is InChI=1S/C15H19ClN2O3S/c1-11-8-14(9-17-15(11)16)22(20,21)10-13-4-3-6-18(7-5-13)12(2)19/h4,8-9H,3,5-7,10H2,1-2H3. The second kappa shape index (κ2) is 6.79. The maximum Gasteiger partial charge on any atom is 0.219 e. The van der Waals surface area contributed by atoms with Crippen molar-refractivity contribution in [3.8, 4) is 0 Å². The first-order valence-electron chi connectivity index (χ1n) is 7.08. The second-order valence-electron chi connectivity index (χ2n) is 5.44. The van der Waals surface area contributed by atoms with Crippen LogP contribution in [0.1, 0.15) is 25.3 Å². The number of halogens is 1. The van der Waals surface area contributed by atoms with Crippen LogP contribution >= 0.6 is 11.6 Å². The highest BCUT2D eigenvalue weighted by Crippen LogP contribution is 2.21. The first-order chi connectivity index (χ1) is 10.3. The fourth-order valence-corrected chi connectivity index (χ4v) is 3.98. The van der Waals surface area contributed by atoms with E-state index in [2.05, 4.69) is 4.98 Å². The molecule has 5 nitrogen and oxygen atoms in total. The number of hydrogen-bond donors (Lipinski definition) is 0. The Morgan fingerprint density at radius 2 is 2.14 bits per heavy atom. The molecule has 0 saturated heterocycles. The van der Waals surface area contributed by atoms with Gasteiger partial charge in [0.05, 0.1) is 10.6 Å². The van der Waals surface area contributed by atoms with Crippen LogP contribution in [0.25, 0.3) is 0 Å². The Labute approximate surface area is 135 Å². The summed E-state index contributed by atoms with van der Waals surface area (Å²) >= 11 is 5.84.